The molecular weight excluding hydrogens is 306 g/mol. The number of nitrogens with one attached hydrogen (secondary N) is 1. The highest BCUT2D eigenvalue weighted by atomic mass is 32.1. The quantitative estimate of drug-likeness (QED) is 0.756. The number of pyridine rings is 1. The summed E-state index contributed by atoms with van der Waals surface area (Å²) in [5, 5.41) is 6.47. The second-order valence-corrected chi connectivity index (χ2v) is 7.04. The fraction of sp³-hybridized carbons (Fsp3) is 0.222. The number of ether oxygens (including phenoxy) is 1. The number of fused-ring (bicyclic) bond motifs is 1. The van der Waals surface area contributed by atoms with Gasteiger partial charge in [0, 0.05) is 17.1 Å². The van der Waals surface area contributed by atoms with Crippen molar-refractivity contribution in [2.24, 2.45) is 0 Å². The fourth-order valence-corrected chi connectivity index (χ4v) is 3.38. The van der Waals surface area contributed by atoms with Gasteiger partial charge in [-0.15, -0.1) is 11.3 Å². The lowest BCUT2D eigenvalue weighted by Gasteiger charge is -2.33. The summed E-state index contributed by atoms with van der Waals surface area (Å²) in [5.41, 5.74) is 3.75. The molecule has 1 aromatic carbocycles. The van der Waals surface area contributed by atoms with Crippen molar-refractivity contribution < 1.29 is 4.74 Å². The van der Waals surface area contributed by atoms with Crippen LogP contribution in [0, 0.1) is 0 Å². The molecule has 3 heterocycles. The molecule has 23 heavy (non-hydrogen) atoms. The first kappa shape index (κ1) is 14.2. The van der Waals surface area contributed by atoms with Crippen LogP contribution in [0.25, 0.3) is 22.0 Å². The third kappa shape index (κ3) is 2.80. The molecule has 2 aromatic heterocycles. The van der Waals surface area contributed by atoms with Crippen LogP contribution >= 0.6 is 11.3 Å². The lowest BCUT2D eigenvalue weighted by Crippen LogP contribution is -2.39. The maximum Gasteiger partial charge on any atom is 0.143 e. The monoisotopic (exact) mass is 323 g/mol. The molecule has 0 amide bonds. The van der Waals surface area contributed by atoms with E-state index in [-0.39, 0.29) is 5.60 Å². The molecule has 1 aliphatic rings. The Kier molecular flexibility index (Phi) is 3.31. The summed E-state index contributed by atoms with van der Waals surface area (Å²) in [6.45, 7) is 4.95. The van der Waals surface area contributed by atoms with Crippen LogP contribution in [0.4, 0.5) is 5.69 Å². The predicted octanol–water partition coefficient (Wildman–Crippen LogP) is 4.46. The van der Waals surface area contributed by atoms with Crippen molar-refractivity contribution in [3.8, 4) is 27.7 Å². The van der Waals surface area contributed by atoms with E-state index in [1.54, 1.807) is 17.5 Å². The van der Waals surface area contributed by atoms with Gasteiger partial charge in [-0.2, -0.15) is 0 Å². The van der Waals surface area contributed by atoms with Crippen LogP contribution in [0.3, 0.4) is 0 Å². The minimum absolute atomic E-state index is 0.179. The number of rotatable bonds is 2. The van der Waals surface area contributed by atoms with E-state index in [4.69, 9.17) is 9.72 Å². The number of hydrogen-bond donors (Lipinski definition) is 1. The Bertz CT molecular complexity index is 842. The van der Waals surface area contributed by atoms with Crippen molar-refractivity contribution in [1.29, 1.82) is 0 Å². The SMILES string of the molecule is CC1(C)CNc2cc(-c3nc(-c4ccccn4)cs3)ccc2O1. The van der Waals surface area contributed by atoms with Gasteiger partial charge < -0.3 is 10.1 Å². The van der Waals surface area contributed by atoms with Gasteiger partial charge in [0.15, 0.2) is 0 Å². The molecule has 0 saturated heterocycles. The molecule has 4 rings (SSSR count). The normalized spacial score (nSPS) is 15.4. The molecule has 0 fully saturated rings. The van der Waals surface area contributed by atoms with Gasteiger partial charge in [-0.3, -0.25) is 4.98 Å². The van der Waals surface area contributed by atoms with Crippen LogP contribution in [0.5, 0.6) is 5.75 Å². The summed E-state index contributed by atoms with van der Waals surface area (Å²) in [5.74, 6) is 0.895. The molecule has 0 radical (unpaired) electrons. The van der Waals surface area contributed by atoms with Crippen molar-refractivity contribution in [2.45, 2.75) is 19.4 Å². The van der Waals surface area contributed by atoms with E-state index in [9.17, 15) is 0 Å². The largest absolute Gasteiger partial charge is 0.484 e. The van der Waals surface area contributed by atoms with Crippen molar-refractivity contribution in [1.82, 2.24) is 9.97 Å². The van der Waals surface area contributed by atoms with E-state index >= 15 is 0 Å². The van der Waals surface area contributed by atoms with Crippen molar-refractivity contribution >= 4 is 17.0 Å². The Labute approximate surface area is 139 Å². The van der Waals surface area contributed by atoms with E-state index in [2.05, 4.69) is 36.3 Å². The maximum absolute atomic E-state index is 6.00. The Morgan fingerprint density at radius 2 is 2.09 bits per heavy atom. The first-order valence-electron chi connectivity index (χ1n) is 7.55. The van der Waals surface area contributed by atoms with E-state index < -0.39 is 0 Å². The highest BCUT2D eigenvalue weighted by Crippen LogP contribution is 2.37. The smallest absolute Gasteiger partial charge is 0.143 e. The molecule has 1 N–H and O–H groups in total. The fourth-order valence-electron chi connectivity index (χ4n) is 2.57. The van der Waals surface area contributed by atoms with Crippen LogP contribution in [0.15, 0.2) is 48.0 Å². The predicted molar refractivity (Wildman–Crippen MR) is 94.0 cm³/mol. The molecule has 116 valence electrons. The Hall–Kier alpha value is -2.40. The minimum Gasteiger partial charge on any atom is -0.484 e. The summed E-state index contributed by atoms with van der Waals surface area (Å²) in [4.78, 5) is 9.07. The first-order chi connectivity index (χ1) is 11.1. The topological polar surface area (TPSA) is 47.0 Å². The molecule has 0 unspecified atom stereocenters. The van der Waals surface area contributed by atoms with Crippen LogP contribution in [-0.2, 0) is 0 Å². The standard InChI is InChI=1S/C18H17N3OS/c1-18(2)11-20-14-9-12(6-7-16(14)22-18)17-21-15(10-23-17)13-5-3-4-8-19-13/h3-10,20H,11H2,1-2H3. The summed E-state index contributed by atoms with van der Waals surface area (Å²) < 4.78 is 6.00. The zero-order valence-corrected chi connectivity index (χ0v) is 13.9. The second kappa shape index (κ2) is 5.35. The summed E-state index contributed by atoms with van der Waals surface area (Å²) in [7, 11) is 0. The van der Waals surface area contributed by atoms with Gasteiger partial charge in [-0.1, -0.05) is 6.07 Å². The van der Waals surface area contributed by atoms with E-state index in [1.165, 1.54) is 0 Å². The van der Waals surface area contributed by atoms with E-state index in [1.807, 2.05) is 29.6 Å². The molecule has 0 atom stereocenters. The van der Waals surface area contributed by atoms with Crippen LogP contribution < -0.4 is 10.1 Å². The summed E-state index contributed by atoms with van der Waals surface area (Å²) >= 11 is 1.63. The maximum atomic E-state index is 6.00. The molecule has 0 bridgehead atoms. The molecule has 3 aromatic rings. The lowest BCUT2D eigenvalue weighted by atomic mass is 10.1. The Balaban J connectivity index is 1.66. The number of anilines is 1. The molecule has 0 spiro atoms. The number of hydrogen-bond acceptors (Lipinski definition) is 5. The molecule has 0 aliphatic carbocycles. The van der Waals surface area contributed by atoms with Crippen LogP contribution in [-0.4, -0.2) is 22.1 Å². The number of aromatic nitrogens is 2. The van der Waals surface area contributed by atoms with E-state index in [0.29, 0.717) is 0 Å². The summed E-state index contributed by atoms with van der Waals surface area (Å²) in [6, 6.07) is 12.0. The molecular formula is C18H17N3OS. The van der Waals surface area contributed by atoms with Gasteiger partial charge in [0.1, 0.15) is 22.1 Å². The van der Waals surface area contributed by atoms with E-state index in [0.717, 1.165) is 39.9 Å². The number of nitrogens with zero attached hydrogens (tertiary/aromatic N) is 2. The van der Waals surface area contributed by atoms with Gasteiger partial charge in [0.2, 0.25) is 0 Å². The van der Waals surface area contributed by atoms with Crippen molar-refractivity contribution in [3.63, 3.8) is 0 Å². The zero-order chi connectivity index (χ0) is 15.9. The van der Waals surface area contributed by atoms with Crippen LogP contribution in [0.2, 0.25) is 0 Å². The highest BCUT2D eigenvalue weighted by molar-refractivity contribution is 7.13. The Morgan fingerprint density at radius 3 is 2.91 bits per heavy atom. The van der Waals surface area contributed by atoms with Gasteiger partial charge in [-0.25, -0.2) is 4.98 Å². The average molecular weight is 323 g/mol. The van der Waals surface area contributed by atoms with Gasteiger partial charge in [0.25, 0.3) is 0 Å². The van der Waals surface area contributed by atoms with Crippen molar-refractivity contribution in [2.75, 3.05) is 11.9 Å². The Morgan fingerprint density at radius 1 is 1.17 bits per heavy atom. The molecule has 0 saturated carbocycles. The zero-order valence-electron chi connectivity index (χ0n) is 13.0. The summed E-state index contributed by atoms with van der Waals surface area (Å²) in [6.07, 6.45) is 1.79. The average Bonchev–Trinajstić information content (AvgIpc) is 3.04. The second-order valence-electron chi connectivity index (χ2n) is 6.18. The third-order valence-electron chi connectivity index (χ3n) is 3.75. The third-order valence-corrected chi connectivity index (χ3v) is 4.64. The van der Waals surface area contributed by atoms with Gasteiger partial charge in [0.05, 0.1) is 17.9 Å². The highest BCUT2D eigenvalue weighted by Gasteiger charge is 2.26. The lowest BCUT2D eigenvalue weighted by molar-refractivity contribution is 0.116. The molecule has 1 aliphatic heterocycles. The minimum atomic E-state index is -0.179. The van der Waals surface area contributed by atoms with Gasteiger partial charge in [-0.05, 0) is 44.2 Å². The first-order valence-corrected chi connectivity index (χ1v) is 8.43. The number of thiazole rings is 1. The van der Waals surface area contributed by atoms with Gasteiger partial charge >= 0.3 is 0 Å². The molecule has 4 nitrogen and oxygen atoms in total. The molecule has 5 heteroatoms. The van der Waals surface area contributed by atoms with Crippen LogP contribution in [0.1, 0.15) is 13.8 Å². The number of benzene rings is 1. The van der Waals surface area contributed by atoms with Crippen molar-refractivity contribution in [3.05, 3.63) is 48.0 Å².